The molecule has 0 radical (unpaired) electrons. The highest BCUT2D eigenvalue weighted by molar-refractivity contribution is 5.79. The van der Waals surface area contributed by atoms with E-state index in [2.05, 4.69) is 11.2 Å². The number of hydrogen-bond donors (Lipinski definition) is 2. The minimum Gasteiger partial charge on any atom is -0.489 e. The van der Waals surface area contributed by atoms with Crippen molar-refractivity contribution < 1.29 is 24.5 Å². The van der Waals surface area contributed by atoms with Gasteiger partial charge in [-0.1, -0.05) is 0 Å². The normalized spacial score (nSPS) is 25.8. The lowest BCUT2D eigenvalue weighted by molar-refractivity contribution is -0.146. The van der Waals surface area contributed by atoms with Crippen LogP contribution in [0.1, 0.15) is 31.2 Å². The Hall–Kier alpha value is -3.54. The highest BCUT2D eigenvalue weighted by atomic mass is 16.5. The van der Waals surface area contributed by atoms with Gasteiger partial charge in [-0.05, 0) is 55.7 Å². The molecule has 9 nitrogen and oxygen atoms in total. The van der Waals surface area contributed by atoms with Crippen molar-refractivity contribution in [3.8, 4) is 17.5 Å². The molecule has 1 aromatic carbocycles. The monoisotopic (exact) mass is 410 g/mol. The molecule has 1 aliphatic carbocycles. The molecule has 2 fully saturated rings. The van der Waals surface area contributed by atoms with Gasteiger partial charge in [0.15, 0.2) is 0 Å². The van der Waals surface area contributed by atoms with Crippen molar-refractivity contribution in [2.75, 3.05) is 6.54 Å². The molecule has 0 bridgehead atoms. The van der Waals surface area contributed by atoms with E-state index in [4.69, 9.17) is 4.74 Å². The number of fused-ring (bicyclic) bond motifs is 1. The predicted octanol–water partition coefficient (Wildman–Crippen LogP) is 2.74. The number of benzene rings is 1. The smallest absolute Gasteiger partial charge is 0.408 e. The SMILES string of the molecule is N#Cc1ccc(-n2cccn2)cc1O[C@H]1CC[C@H]2CN(C(=O)O)[C@H](C(=O)O)C[C@H]2C1. The number of carbonyl (C=O) groups is 2. The second kappa shape index (κ2) is 8.06. The first-order valence-corrected chi connectivity index (χ1v) is 9.89. The molecule has 2 N–H and O–H groups in total. The highest BCUT2D eigenvalue weighted by Crippen LogP contribution is 2.40. The number of ether oxygens (including phenoxy) is 1. The average molecular weight is 410 g/mol. The second-order valence-corrected chi connectivity index (χ2v) is 7.84. The van der Waals surface area contributed by atoms with Crippen LogP contribution in [0.15, 0.2) is 36.7 Å². The molecule has 9 heteroatoms. The maximum absolute atomic E-state index is 11.6. The van der Waals surface area contributed by atoms with Crippen LogP contribution in [0.5, 0.6) is 5.75 Å². The van der Waals surface area contributed by atoms with Gasteiger partial charge < -0.3 is 14.9 Å². The van der Waals surface area contributed by atoms with E-state index in [-0.39, 0.29) is 30.9 Å². The Labute approximate surface area is 173 Å². The first-order valence-electron chi connectivity index (χ1n) is 9.89. The molecule has 4 atom stereocenters. The summed E-state index contributed by atoms with van der Waals surface area (Å²) in [6, 6.07) is 8.21. The molecule has 1 amide bonds. The van der Waals surface area contributed by atoms with Crippen LogP contribution in [-0.4, -0.2) is 55.6 Å². The standard InChI is InChI=1S/C21H22N4O5/c22-11-13-2-4-16(25-7-1-6-23-25)10-19(13)30-17-5-3-14-12-24(21(28)29)18(20(26)27)9-15(14)8-17/h1-2,4,6-7,10,14-15,17-18H,3,5,8-9,12H2,(H,26,27)(H,28,29)/t14-,15+,17-,18-/m0/s1. The van der Waals surface area contributed by atoms with Crippen LogP contribution in [-0.2, 0) is 4.79 Å². The van der Waals surface area contributed by atoms with Crippen molar-refractivity contribution in [3.05, 3.63) is 42.2 Å². The van der Waals surface area contributed by atoms with Gasteiger partial charge in [0.25, 0.3) is 0 Å². The zero-order chi connectivity index (χ0) is 21.3. The van der Waals surface area contributed by atoms with Gasteiger partial charge in [-0.3, -0.25) is 4.90 Å². The van der Waals surface area contributed by atoms with Gasteiger partial charge in [-0.15, -0.1) is 0 Å². The summed E-state index contributed by atoms with van der Waals surface area (Å²) in [4.78, 5) is 24.1. The van der Waals surface area contributed by atoms with Crippen molar-refractivity contribution in [2.24, 2.45) is 11.8 Å². The van der Waals surface area contributed by atoms with Crippen LogP contribution in [0.2, 0.25) is 0 Å². The number of nitrogens with zero attached hydrogens (tertiary/aromatic N) is 4. The van der Waals surface area contributed by atoms with Crippen molar-refractivity contribution in [1.82, 2.24) is 14.7 Å². The fourth-order valence-corrected chi connectivity index (χ4v) is 4.60. The molecule has 1 saturated carbocycles. The number of aromatic nitrogens is 2. The number of carboxylic acids is 1. The number of amides is 1. The minimum absolute atomic E-state index is 0.0697. The van der Waals surface area contributed by atoms with E-state index < -0.39 is 18.1 Å². The Morgan fingerprint density at radius 2 is 2.03 bits per heavy atom. The summed E-state index contributed by atoms with van der Waals surface area (Å²) in [7, 11) is 0. The van der Waals surface area contributed by atoms with E-state index in [0.717, 1.165) is 23.4 Å². The van der Waals surface area contributed by atoms with E-state index in [1.807, 2.05) is 6.07 Å². The quantitative estimate of drug-likeness (QED) is 0.793. The third-order valence-corrected chi connectivity index (χ3v) is 6.10. The largest absolute Gasteiger partial charge is 0.489 e. The van der Waals surface area contributed by atoms with Crippen LogP contribution in [0.4, 0.5) is 4.79 Å². The van der Waals surface area contributed by atoms with Gasteiger partial charge >= 0.3 is 12.1 Å². The van der Waals surface area contributed by atoms with Gasteiger partial charge in [0.1, 0.15) is 17.9 Å². The van der Waals surface area contributed by atoms with E-state index in [1.165, 1.54) is 0 Å². The summed E-state index contributed by atoms with van der Waals surface area (Å²) in [5.41, 5.74) is 1.21. The molecule has 156 valence electrons. The number of carboxylic acid groups (broad SMARTS) is 2. The number of piperidine rings is 1. The van der Waals surface area contributed by atoms with Gasteiger partial charge in [0, 0.05) is 25.0 Å². The summed E-state index contributed by atoms with van der Waals surface area (Å²) < 4.78 is 7.88. The lowest BCUT2D eigenvalue weighted by atomic mass is 9.72. The third kappa shape index (κ3) is 3.81. The maximum Gasteiger partial charge on any atom is 0.408 e. The number of rotatable bonds is 4. The molecular formula is C21H22N4O5. The van der Waals surface area contributed by atoms with Gasteiger partial charge in [0.05, 0.1) is 17.4 Å². The lowest BCUT2D eigenvalue weighted by Gasteiger charge is -2.45. The van der Waals surface area contributed by atoms with Crippen LogP contribution < -0.4 is 4.74 Å². The molecule has 2 heterocycles. The van der Waals surface area contributed by atoms with E-state index in [0.29, 0.717) is 17.7 Å². The molecular weight excluding hydrogens is 388 g/mol. The first kappa shape index (κ1) is 19.8. The topological polar surface area (TPSA) is 129 Å². The number of aliphatic carboxylic acids is 1. The third-order valence-electron chi connectivity index (χ3n) is 6.10. The number of nitriles is 1. The van der Waals surface area contributed by atoms with Crippen LogP contribution in [0.3, 0.4) is 0 Å². The predicted molar refractivity (Wildman–Crippen MR) is 104 cm³/mol. The fraction of sp³-hybridized carbons (Fsp3) is 0.429. The number of likely N-dealkylation sites (tertiary alicyclic amines) is 1. The van der Waals surface area contributed by atoms with E-state index in [1.54, 1.807) is 35.3 Å². The summed E-state index contributed by atoms with van der Waals surface area (Å²) in [5.74, 6) is -0.438. The Kier molecular flexibility index (Phi) is 5.31. The Morgan fingerprint density at radius 1 is 1.20 bits per heavy atom. The summed E-state index contributed by atoms with van der Waals surface area (Å²) in [6.45, 7) is 0.238. The zero-order valence-electron chi connectivity index (χ0n) is 16.2. The van der Waals surface area contributed by atoms with E-state index in [9.17, 15) is 25.1 Å². The summed E-state index contributed by atoms with van der Waals surface area (Å²) in [6.07, 6.45) is 4.53. The minimum atomic E-state index is -1.19. The molecule has 0 spiro atoms. The van der Waals surface area contributed by atoms with Crippen LogP contribution in [0, 0.1) is 23.2 Å². The van der Waals surface area contributed by atoms with Crippen molar-refractivity contribution >= 4 is 12.1 Å². The molecule has 4 rings (SSSR count). The van der Waals surface area contributed by atoms with Gasteiger partial charge in [-0.2, -0.15) is 10.4 Å². The molecule has 1 saturated heterocycles. The highest BCUT2D eigenvalue weighted by Gasteiger charge is 2.44. The van der Waals surface area contributed by atoms with Crippen molar-refractivity contribution in [1.29, 1.82) is 5.26 Å². The van der Waals surface area contributed by atoms with Gasteiger partial charge in [0.2, 0.25) is 0 Å². The molecule has 30 heavy (non-hydrogen) atoms. The maximum atomic E-state index is 11.6. The molecule has 2 aromatic rings. The van der Waals surface area contributed by atoms with Gasteiger partial charge in [-0.25, -0.2) is 14.3 Å². The Balaban J connectivity index is 1.50. The lowest BCUT2D eigenvalue weighted by Crippen LogP contribution is -2.54. The van der Waals surface area contributed by atoms with Crippen molar-refractivity contribution in [2.45, 2.75) is 37.8 Å². The first-order chi connectivity index (χ1) is 14.5. The summed E-state index contributed by atoms with van der Waals surface area (Å²) in [5, 5.41) is 32.5. The zero-order valence-corrected chi connectivity index (χ0v) is 16.2. The summed E-state index contributed by atoms with van der Waals surface area (Å²) >= 11 is 0. The Bertz CT molecular complexity index is 984. The molecule has 1 aliphatic heterocycles. The fourth-order valence-electron chi connectivity index (χ4n) is 4.60. The second-order valence-electron chi connectivity index (χ2n) is 7.84. The Morgan fingerprint density at radius 3 is 2.70 bits per heavy atom. The van der Waals surface area contributed by atoms with Crippen molar-refractivity contribution in [3.63, 3.8) is 0 Å². The van der Waals surface area contributed by atoms with E-state index >= 15 is 0 Å². The van der Waals surface area contributed by atoms with Crippen LogP contribution in [0.25, 0.3) is 5.69 Å². The molecule has 2 aliphatic rings. The average Bonchev–Trinajstić information content (AvgIpc) is 3.27. The molecule has 1 aromatic heterocycles. The number of hydrogen-bond acceptors (Lipinski definition) is 5. The molecule has 0 unspecified atom stereocenters. The van der Waals surface area contributed by atoms with Crippen LogP contribution >= 0.6 is 0 Å².